The Hall–Kier alpha value is -3.09. The average molecular weight is 424 g/mol. The lowest BCUT2D eigenvalue weighted by Gasteiger charge is -2.26. The van der Waals surface area contributed by atoms with Gasteiger partial charge in [-0.15, -0.1) is 0 Å². The van der Waals surface area contributed by atoms with Crippen LogP contribution in [-0.2, 0) is 16.0 Å². The minimum absolute atomic E-state index is 0.353. The highest BCUT2D eigenvalue weighted by atomic mass is 19.3. The Morgan fingerprint density at radius 3 is 1.84 bits per heavy atom. The number of benzene rings is 3. The maximum atomic E-state index is 12.8. The van der Waals surface area contributed by atoms with Crippen LogP contribution in [0.4, 0.5) is 8.78 Å². The van der Waals surface area contributed by atoms with Gasteiger partial charge in [0.1, 0.15) is 6.04 Å². The summed E-state index contributed by atoms with van der Waals surface area (Å²) in [5.74, 6) is -0.381. The lowest BCUT2D eigenvalue weighted by atomic mass is 9.97. The van der Waals surface area contributed by atoms with Gasteiger partial charge in [-0.25, -0.2) is 0 Å². The van der Waals surface area contributed by atoms with Crippen molar-refractivity contribution in [1.29, 1.82) is 0 Å². The van der Waals surface area contributed by atoms with Crippen molar-refractivity contribution in [3.05, 3.63) is 108 Å². The first-order chi connectivity index (χ1) is 15.1. The Labute approximate surface area is 181 Å². The van der Waals surface area contributed by atoms with Crippen LogP contribution in [0, 0.1) is 0 Å². The van der Waals surface area contributed by atoms with Crippen molar-refractivity contribution < 1.29 is 18.3 Å². The molecule has 1 atom stereocenters. The van der Waals surface area contributed by atoms with Crippen LogP contribution < -0.4 is 10.6 Å². The highest BCUT2D eigenvalue weighted by Crippen LogP contribution is 2.22. The van der Waals surface area contributed by atoms with E-state index in [1.54, 1.807) is 0 Å². The number of hydrogen-bond donors (Lipinski definition) is 2. The van der Waals surface area contributed by atoms with E-state index in [4.69, 9.17) is 0 Å². The van der Waals surface area contributed by atoms with Crippen molar-refractivity contribution in [2.75, 3.05) is 13.2 Å². The summed E-state index contributed by atoms with van der Waals surface area (Å²) < 4.78 is 30.0. The molecule has 3 rings (SSSR count). The molecule has 0 spiro atoms. The Kier molecular flexibility index (Phi) is 8.70. The van der Waals surface area contributed by atoms with Crippen LogP contribution in [0.2, 0.25) is 0 Å². The van der Waals surface area contributed by atoms with Gasteiger partial charge in [0.2, 0.25) is 5.91 Å². The topological polar surface area (TPSA) is 50.4 Å². The summed E-state index contributed by atoms with van der Waals surface area (Å²) in [5, 5.41) is 6.06. The average Bonchev–Trinajstić information content (AvgIpc) is 2.81. The molecule has 0 aromatic heterocycles. The minimum atomic E-state index is -2.95. The fourth-order valence-electron chi connectivity index (χ4n) is 3.34. The molecule has 0 aliphatic carbocycles. The molecular weight excluding hydrogens is 398 g/mol. The third-order valence-corrected chi connectivity index (χ3v) is 4.89. The predicted molar refractivity (Wildman–Crippen MR) is 117 cm³/mol. The molecule has 0 saturated heterocycles. The fraction of sp³-hybridized carbons (Fsp3) is 0.240. The first-order valence-corrected chi connectivity index (χ1v) is 10.2. The number of halogens is 2. The van der Waals surface area contributed by atoms with E-state index in [1.807, 2.05) is 91.0 Å². The van der Waals surface area contributed by atoms with E-state index < -0.39 is 19.3 Å². The van der Waals surface area contributed by atoms with Gasteiger partial charge in [0.25, 0.3) is 0 Å². The zero-order valence-electron chi connectivity index (χ0n) is 17.1. The first-order valence-electron chi connectivity index (χ1n) is 10.2. The second-order valence-corrected chi connectivity index (χ2v) is 7.09. The van der Waals surface area contributed by atoms with Crippen molar-refractivity contribution >= 4 is 5.91 Å². The highest BCUT2D eigenvalue weighted by Gasteiger charge is 2.25. The second kappa shape index (κ2) is 11.9. The number of nitrogens with one attached hydrogen (secondary N) is 2. The molecule has 0 bridgehead atoms. The van der Waals surface area contributed by atoms with E-state index in [9.17, 15) is 13.6 Å². The third-order valence-electron chi connectivity index (χ3n) is 4.89. The van der Waals surface area contributed by atoms with Gasteiger partial charge < -0.3 is 10.1 Å². The first kappa shape index (κ1) is 22.6. The number of alkyl halides is 2. The number of hydrogen-bond acceptors (Lipinski definition) is 3. The minimum Gasteiger partial charge on any atom is -0.354 e. The quantitative estimate of drug-likeness (QED) is 0.482. The van der Waals surface area contributed by atoms with Crippen molar-refractivity contribution in [2.45, 2.75) is 25.1 Å². The molecule has 1 unspecified atom stereocenters. The molecule has 0 fully saturated rings. The summed E-state index contributed by atoms with van der Waals surface area (Å²) in [7, 11) is 0. The van der Waals surface area contributed by atoms with Crippen LogP contribution in [-0.4, -0.2) is 31.7 Å². The van der Waals surface area contributed by atoms with Gasteiger partial charge in [-0.2, -0.15) is 8.78 Å². The molecule has 31 heavy (non-hydrogen) atoms. The lowest BCUT2D eigenvalue weighted by molar-refractivity contribution is -0.144. The Bertz CT molecular complexity index is 869. The summed E-state index contributed by atoms with van der Waals surface area (Å²) in [5.41, 5.74) is 2.93. The molecule has 0 saturated carbocycles. The monoisotopic (exact) mass is 424 g/mol. The van der Waals surface area contributed by atoms with Gasteiger partial charge in [-0.1, -0.05) is 91.0 Å². The standard InChI is InChI=1S/C25H26F2N2O2/c26-25(27)31-18-22(24(30)28-17-16-19-10-4-1-5-11-19)29-23(20-12-6-2-7-13-20)21-14-8-3-9-15-21/h1-15,22-23,25,29H,16-18H2,(H,28,30). The number of ether oxygens (including phenoxy) is 1. The van der Waals surface area contributed by atoms with Gasteiger partial charge >= 0.3 is 6.61 Å². The van der Waals surface area contributed by atoms with Crippen molar-refractivity contribution in [3.63, 3.8) is 0 Å². The maximum Gasteiger partial charge on any atom is 0.345 e. The molecule has 2 N–H and O–H groups in total. The highest BCUT2D eigenvalue weighted by molar-refractivity contribution is 5.82. The van der Waals surface area contributed by atoms with Gasteiger partial charge in [0, 0.05) is 6.54 Å². The van der Waals surface area contributed by atoms with E-state index in [2.05, 4.69) is 15.4 Å². The van der Waals surface area contributed by atoms with E-state index in [0.29, 0.717) is 13.0 Å². The van der Waals surface area contributed by atoms with Gasteiger partial charge in [0.05, 0.1) is 12.6 Å². The molecule has 162 valence electrons. The van der Waals surface area contributed by atoms with Crippen LogP contribution in [0.3, 0.4) is 0 Å². The number of carbonyl (C=O) groups excluding carboxylic acids is 1. The van der Waals surface area contributed by atoms with Crippen LogP contribution in [0.1, 0.15) is 22.7 Å². The Morgan fingerprint density at radius 2 is 1.32 bits per heavy atom. The summed E-state index contributed by atoms with van der Waals surface area (Å²) in [6, 6.07) is 27.6. The largest absolute Gasteiger partial charge is 0.354 e. The molecule has 0 aliphatic rings. The van der Waals surface area contributed by atoms with Crippen LogP contribution >= 0.6 is 0 Å². The lowest BCUT2D eigenvalue weighted by Crippen LogP contribution is -2.49. The van der Waals surface area contributed by atoms with E-state index >= 15 is 0 Å². The molecular formula is C25H26F2N2O2. The number of carbonyl (C=O) groups is 1. The van der Waals surface area contributed by atoms with Crippen LogP contribution in [0.15, 0.2) is 91.0 Å². The number of amides is 1. The molecule has 3 aromatic carbocycles. The molecule has 6 heteroatoms. The van der Waals surface area contributed by atoms with Crippen LogP contribution in [0.25, 0.3) is 0 Å². The molecule has 0 heterocycles. The molecule has 1 amide bonds. The normalized spacial score (nSPS) is 12.1. The van der Waals surface area contributed by atoms with E-state index in [1.165, 1.54) is 0 Å². The van der Waals surface area contributed by atoms with Gasteiger partial charge in [-0.05, 0) is 23.1 Å². The molecule has 0 radical (unpaired) electrons. The third kappa shape index (κ3) is 7.27. The Balaban J connectivity index is 1.73. The maximum absolute atomic E-state index is 12.8. The summed E-state index contributed by atoms with van der Waals surface area (Å²) in [6.07, 6.45) is 0.649. The van der Waals surface area contributed by atoms with Crippen molar-refractivity contribution in [1.82, 2.24) is 10.6 Å². The van der Waals surface area contributed by atoms with Gasteiger partial charge in [0.15, 0.2) is 0 Å². The zero-order chi connectivity index (χ0) is 21.9. The Morgan fingerprint density at radius 1 is 0.806 bits per heavy atom. The zero-order valence-corrected chi connectivity index (χ0v) is 17.1. The molecule has 3 aromatic rings. The van der Waals surface area contributed by atoms with Crippen molar-refractivity contribution in [3.8, 4) is 0 Å². The van der Waals surface area contributed by atoms with Gasteiger partial charge in [-0.3, -0.25) is 10.1 Å². The second-order valence-electron chi connectivity index (χ2n) is 7.09. The summed E-state index contributed by atoms with van der Waals surface area (Å²) >= 11 is 0. The predicted octanol–water partition coefficient (Wildman–Crippen LogP) is 4.33. The SMILES string of the molecule is O=C(NCCc1ccccc1)C(COC(F)F)NC(c1ccccc1)c1ccccc1. The van der Waals surface area contributed by atoms with Crippen LogP contribution in [0.5, 0.6) is 0 Å². The summed E-state index contributed by atoms with van der Waals surface area (Å²) in [6.45, 7) is -2.99. The smallest absolute Gasteiger partial charge is 0.345 e. The molecule has 4 nitrogen and oxygen atoms in total. The van der Waals surface area contributed by atoms with Crippen molar-refractivity contribution in [2.24, 2.45) is 0 Å². The van der Waals surface area contributed by atoms with E-state index in [-0.39, 0.29) is 11.9 Å². The molecule has 0 aliphatic heterocycles. The van der Waals surface area contributed by atoms with E-state index in [0.717, 1.165) is 16.7 Å². The fourth-order valence-corrected chi connectivity index (χ4v) is 3.34. The number of rotatable bonds is 11. The summed E-state index contributed by atoms with van der Waals surface area (Å²) in [4.78, 5) is 12.8.